The zero-order valence-corrected chi connectivity index (χ0v) is 11.3. The summed E-state index contributed by atoms with van der Waals surface area (Å²) in [5.74, 6) is 1.88. The second-order valence-electron chi connectivity index (χ2n) is 5.36. The third-order valence-electron chi connectivity index (χ3n) is 3.67. The van der Waals surface area contributed by atoms with Crippen LogP contribution >= 0.6 is 0 Å². The predicted molar refractivity (Wildman–Crippen MR) is 72.8 cm³/mol. The van der Waals surface area contributed by atoms with Crippen LogP contribution in [0.4, 0.5) is 0 Å². The van der Waals surface area contributed by atoms with Gasteiger partial charge in [-0.05, 0) is 29.0 Å². The Hall–Kier alpha value is -1.06. The standard InChI is InChI=1S/C15H23NO2/c1-11(2)14(10-17)9-16-8-12-3-4-15-13(7-12)5-6-18-15/h3-4,7,11,14,16-17H,5-6,8-10H2,1-2H3. The molecule has 0 aliphatic carbocycles. The summed E-state index contributed by atoms with van der Waals surface area (Å²) >= 11 is 0. The Bertz CT molecular complexity index is 390. The molecule has 0 saturated carbocycles. The zero-order valence-electron chi connectivity index (χ0n) is 11.3. The van der Waals surface area contributed by atoms with Crippen LogP contribution in [0.3, 0.4) is 0 Å². The topological polar surface area (TPSA) is 41.5 Å². The highest BCUT2D eigenvalue weighted by Crippen LogP contribution is 2.25. The molecule has 2 N–H and O–H groups in total. The Morgan fingerprint density at radius 2 is 2.22 bits per heavy atom. The molecule has 3 heteroatoms. The number of hydrogen-bond donors (Lipinski definition) is 2. The lowest BCUT2D eigenvalue weighted by atomic mass is 9.97. The molecule has 1 unspecified atom stereocenters. The molecule has 0 bridgehead atoms. The van der Waals surface area contributed by atoms with Crippen LogP contribution in [0, 0.1) is 11.8 Å². The molecule has 18 heavy (non-hydrogen) atoms. The maximum absolute atomic E-state index is 9.26. The summed E-state index contributed by atoms with van der Waals surface area (Å²) in [5, 5.41) is 12.7. The summed E-state index contributed by atoms with van der Waals surface area (Å²) in [5.41, 5.74) is 2.61. The zero-order chi connectivity index (χ0) is 13.0. The van der Waals surface area contributed by atoms with Gasteiger partial charge in [0.25, 0.3) is 0 Å². The van der Waals surface area contributed by atoms with E-state index in [4.69, 9.17) is 4.74 Å². The average molecular weight is 249 g/mol. The summed E-state index contributed by atoms with van der Waals surface area (Å²) in [6.07, 6.45) is 1.02. The smallest absolute Gasteiger partial charge is 0.122 e. The van der Waals surface area contributed by atoms with Gasteiger partial charge in [-0.15, -0.1) is 0 Å². The van der Waals surface area contributed by atoms with Crippen LogP contribution in [0.1, 0.15) is 25.0 Å². The highest BCUT2D eigenvalue weighted by molar-refractivity contribution is 5.39. The maximum Gasteiger partial charge on any atom is 0.122 e. The van der Waals surface area contributed by atoms with Crippen LogP contribution < -0.4 is 10.1 Å². The van der Waals surface area contributed by atoms with Crippen molar-refractivity contribution in [2.45, 2.75) is 26.8 Å². The normalized spacial score (nSPS) is 15.6. The van der Waals surface area contributed by atoms with Crippen molar-refractivity contribution in [3.8, 4) is 5.75 Å². The molecule has 100 valence electrons. The van der Waals surface area contributed by atoms with E-state index in [0.29, 0.717) is 11.8 Å². The molecule has 0 radical (unpaired) electrons. The van der Waals surface area contributed by atoms with Gasteiger partial charge >= 0.3 is 0 Å². The summed E-state index contributed by atoms with van der Waals surface area (Å²) < 4.78 is 5.49. The molecule has 1 aromatic carbocycles. The molecule has 1 aromatic rings. The molecular weight excluding hydrogens is 226 g/mol. The second kappa shape index (κ2) is 6.21. The van der Waals surface area contributed by atoms with Crippen LogP contribution in [0.2, 0.25) is 0 Å². The molecule has 0 fully saturated rings. The van der Waals surface area contributed by atoms with Crippen LogP contribution in [0.15, 0.2) is 18.2 Å². The van der Waals surface area contributed by atoms with E-state index in [2.05, 4.69) is 37.4 Å². The monoisotopic (exact) mass is 249 g/mol. The molecule has 0 saturated heterocycles. The Morgan fingerprint density at radius 1 is 1.39 bits per heavy atom. The number of benzene rings is 1. The van der Waals surface area contributed by atoms with Crippen LogP contribution in [0.5, 0.6) is 5.75 Å². The molecule has 2 rings (SSSR count). The first-order valence-corrected chi connectivity index (χ1v) is 6.77. The SMILES string of the molecule is CC(C)C(CO)CNCc1ccc2c(c1)CCO2. The Labute approximate surface area is 109 Å². The highest BCUT2D eigenvalue weighted by atomic mass is 16.5. The third-order valence-corrected chi connectivity index (χ3v) is 3.67. The number of aliphatic hydroxyl groups is 1. The van der Waals surface area contributed by atoms with Gasteiger partial charge in [0.1, 0.15) is 5.75 Å². The Balaban J connectivity index is 1.83. The van der Waals surface area contributed by atoms with E-state index in [9.17, 15) is 5.11 Å². The van der Waals surface area contributed by atoms with Gasteiger partial charge in [-0.2, -0.15) is 0 Å². The quantitative estimate of drug-likeness (QED) is 0.810. The van der Waals surface area contributed by atoms with Crippen LogP contribution in [0.25, 0.3) is 0 Å². The molecule has 1 aliphatic heterocycles. The molecule has 1 atom stereocenters. The van der Waals surface area contributed by atoms with Crippen LogP contribution in [-0.2, 0) is 13.0 Å². The van der Waals surface area contributed by atoms with Crippen molar-refractivity contribution in [3.63, 3.8) is 0 Å². The van der Waals surface area contributed by atoms with Gasteiger partial charge in [-0.25, -0.2) is 0 Å². The van der Waals surface area contributed by atoms with Crippen LogP contribution in [-0.4, -0.2) is 24.9 Å². The van der Waals surface area contributed by atoms with E-state index in [-0.39, 0.29) is 6.61 Å². The van der Waals surface area contributed by atoms with E-state index in [1.807, 2.05) is 0 Å². The van der Waals surface area contributed by atoms with Crippen molar-refractivity contribution in [3.05, 3.63) is 29.3 Å². The minimum absolute atomic E-state index is 0.253. The van der Waals surface area contributed by atoms with E-state index in [1.165, 1.54) is 11.1 Å². The number of nitrogens with one attached hydrogen (secondary N) is 1. The molecule has 0 spiro atoms. The van der Waals surface area contributed by atoms with Gasteiger partial charge in [-0.3, -0.25) is 0 Å². The first kappa shape index (κ1) is 13.4. The van der Waals surface area contributed by atoms with Crippen molar-refractivity contribution in [1.82, 2.24) is 5.32 Å². The third kappa shape index (κ3) is 3.24. The molecule has 0 aromatic heterocycles. The Kier molecular flexibility index (Phi) is 4.61. The fourth-order valence-electron chi connectivity index (χ4n) is 2.26. The first-order valence-electron chi connectivity index (χ1n) is 6.77. The minimum Gasteiger partial charge on any atom is -0.493 e. The van der Waals surface area contributed by atoms with Gasteiger partial charge in [-0.1, -0.05) is 26.0 Å². The van der Waals surface area contributed by atoms with Crippen molar-refractivity contribution >= 4 is 0 Å². The van der Waals surface area contributed by atoms with Crippen molar-refractivity contribution in [1.29, 1.82) is 0 Å². The Morgan fingerprint density at radius 3 is 2.94 bits per heavy atom. The number of hydrogen-bond acceptors (Lipinski definition) is 3. The first-order chi connectivity index (χ1) is 8.70. The van der Waals surface area contributed by atoms with Gasteiger partial charge in [0.15, 0.2) is 0 Å². The summed E-state index contributed by atoms with van der Waals surface area (Å²) in [7, 11) is 0. The van der Waals surface area contributed by atoms with E-state index < -0.39 is 0 Å². The van der Waals surface area contributed by atoms with E-state index >= 15 is 0 Å². The number of ether oxygens (including phenoxy) is 1. The number of fused-ring (bicyclic) bond motifs is 1. The highest BCUT2D eigenvalue weighted by Gasteiger charge is 2.13. The van der Waals surface area contributed by atoms with E-state index in [0.717, 1.165) is 31.9 Å². The summed E-state index contributed by atoms with van der Waals surface area (Å²) in [4.78, 5) is 0. The van der Waals surface area contributed by atoms with Gasteiger partial charge in [0.2, 0.25) is 0 Å². The fourth-order valence-corrected chi connectivity index (χ4v) is 2.26. The minimum atomic E-state index is 0.253. The second-order valence-corrected chi connectivity index (χ2v) is 5.36. The largest absolute Gasteiger partial charge is 0.493 e. The summed E-state index contributed by atoms with van der Waals surface area (Å²) in [6.45, 7) is 7.08. The maximum atomic E-state index is 9.26. The van der Waals surface area contributed by atoms with E-state index in [1.54, 1.807) is 0 Å². The molecule has 1 heterocycles. The van der Waals surface area contributed by atoms with Crippen molar-refractivity contribution in [2.75, 3.05) is 19.8 Å². The molecular formula is C15H23NO2. The summed E-state index contributed by atoms with van der Waals surface area (Å²) in [6, 6.07) is 6.39. The lowest BCUT2D eigenvalue weighted by Crippen LogP contribution is -2.28. The average Bonchev–Trinajstić information content (AvgIpc) is 2.81. The fraction of sp³-hybridized carbons (Fsp3) is 0.600. The molecule has 0 amide bonds. The van der Waals surface area contributed by atoms with Crippen molar-refractivity contribution < 1.29 is 9.84 Å². The van der Waals surface area contributed by atoms with Gasteiger partial charge in [0, 0.05) is 26.1 Å². The van der Waals surface area contributed by atoms with Gasteiger partial charge in [0.05, 0.1) is 6.61 Å². The number of aliphatic hydroxyl groups excluding tert-OH is 1. The van der Waals surface area contributed by atoms with Gasteiger partial charge < -0.3 is 15.2 Å². The molecule has 3 nitrogen and oxygen atoms in total. The predicted octanol–water partition coefficient (Wildman–Crippen LogP) is 1.98. The number of rotatable bonds is 6. The van der Waals surface area contributed by atoms with Crippen molar-refractivity contribution in [2.24, 2.45) is 11.8 Å². The lowest BCUT2D eigenvalue weighted by molar-refractivity contribution is 0.186. The molecule has 1 aliphatic rings. The lowest BCUT2D eigenvalue weighted by Gasteiger charge is -2.18.